The van der Waals surface area contributed by atoms with Crippen molar-refractivity contribution in [3.63, 3.8) is 0 Å². The number of piperidine rings is 1. The van der Waals surface area contributed by atoms with Gasteiger partial charge in [-0.3, -0.25) is 4.79 Å². The van der Waals surface area contributed by atoms with E-state index in [-0.39, 0.29) is 18.4 Å². The second-order valence-corrected chi connectivity index (χ2v) is 9.22. The van der Waals surface area contributed by atoms with Gasteiger partial charge in [0.05, 0.1) is 10.8 Å². The summed E-state index contributed by atoms with van der Waals surface area (Å²) in [6, 6.07) is 5.47. The zero-order valence-corrected chi connectivity index (χ0v) is 15.5. The average molecular weight is 401 g/mol. The van der Waals surface area contributed by atoms with E-state index in [0.717, 1.165) is 30.2 Å². The van der Waals surface area contributed by atoms with Gasteiger partial charge in [0.1, 0.15) is 0 Å². The molecule has 1 saturated carbocycles. The molecule has 1 aromatic carbocycles. The van der Waals surface area contributed by atoms with Gasteiger partial charge in [0.25, 0.3) is 0 Å². The van der Waals surface area contributed by atoms with Crippen molar-refractivity contribution >= 4 is 31.9 Å². The summed E-state index contributed by atoms with van der Waals surface area (Å²) >= 11 is 3.36. The molecule has 1 aliphatic carbocycles. The van der Waals surface area contributed by atoms with Gasteiger partial charge in [-0.25, -0.2) is 8.42 Å². The van der Waals surface area contributed by atoms with Crippen LogP contribution in [0.25, 0.3) is 0 Å². The summed E-state index contributed by atoms with van der Waals surface area (Å²) < 4.78 is 28.1. The number of rotatable bonds is 4. The number of carbonyl (C=O) groups is 1. The number of amides is 1. The lowest BCUT2D eigenvalue weighted by atomic mass is 9.99. The Hall–Kier alpha value is -0.920. The van der Waals surface area contributed by atoms with Crippen LogP contribution in [0.15, 0.2) is 27.6 Å². The van der Waals surface area contributed by atoms with Crippen LogP contribution in [0.3, 0.4) is 0 Å². The van der Waals surface area contributed by atoms with Gasteiger partial charge < -0.3 is 5.32 Å². The summed E-state index contributed by atoms with van der Waals surface area (Å²) in [5.41, 5.74) is 0.712. The first kappa shape index (κ1) is 16.9. The molecule has 1 aliphatic heterocycles. The van der Waals surface area contributed by atoms with E-state index in [2.05, 4.69) is 21.2 Å². The summed E-state index contributed by atoms with van der Waals surface area (Å²) in [5.74, 6) is -0.241. The second kappa shape index (κ2) is 6.53. The maximum Gasteiger partial charge on any atom is 0.243 e. The molecule has 2 fully saturated rings. The van der Waals surface area contributed by atoms with Gasteiger partial charge in [0.2, 0.25) is 15.9 Å². The van der Waals surface area contributed by atoms with Crippen LogP contribution in [0.4, 0.5) is 0 Å². The predicted octanol–water partition coefficient (Wildman–Crippen LogP) is 2.44. The van der Waals surface area contributed by atoms with E-state index in [9.17, 15) is 13.2 Å². The molecule has 1 N–H and O–H groups in total. The number of carbonyl (C=O) groups excluding carboxylic acids is 1. The molecule has 0 bridgehead atoms. The summed E-state index contributed by atoms with van der Waals surface area (Å²) in [5, 5.41) is 2.99. The monoisotopic (exact) mass is 400 g/mol. The highest BCUT2D eigenvalue weighted by atomic mass is 79.9. The maximum absolute atomic E-state index is 12.9. The third kappa shape index (κ3) is 3.78. The molecule has 1 heterocycles. The van der Waals surface area contributed by atoms with Crippen molar-refractivity contribution in [2.45, 2.75) is 43.5 Å². The highest BCUT2D eigenvalue weighted by Crippen LogP contribution is 2.28. The molecule has 5 nitrogen and oxygen atoms in total. The molecule has 3 rings (SSSR count). The number of nitrogens with zero attached hydrogens (tertiary/aromatic N) is 1. The number of nitrogens with one attached hydrogen (secondary N) is 1. The Morgan fingerprint density at radius 1 is 1.30 bits per heavy atom. The lowest BCUT2D eigenvalue weighted by molar-refractivity contribution is -0.126. The van der Waals surface area contributed by atoms with Crippen LogP contribution < -0.4 is 5.32 Å². The topological polar surface area (TPSA) is 66.5 Å². The third-order valence-electron chi connectivity index (χ3n) is 4.43. The summed E-state index contributed by atoms with van der Waals surface area (Å²) in [7, 11) is -3.56. The molecule has 1 aromatic rings. The van der Waals surface area contributed by atoms with E-state index >= 15 is 0 Å². The summed E-state index contributed by atoms with van der Waals surface area (Å²) in [4.78, 5) is 12.6. The third-order valence-corrected chi connectivity index (χ3v) is 6.95. The molecule has 1 atom stereocenters. The number of hydrogen-bond donors (Lipinski definition) is 1. The van der Waals surface area contributed by atoms with E-state index in [0.29, 0.717) is 23.0 Å². The number of aryl methyl sites for hydroxylation is 1. The van der Waals surface area contributed by atoms with Crippen LogP contribution in [0.2, 0.25) is 0 Å². The molecule has 1 saturated heterocycles. The number of halogens is 1. The van der Waals surface area contributed by atoms with Gasteiger partial charge in [-0.15, -0.1) is 0 Å². The van der Waals surface area contributed by atoms with Crippen LogP contribution in [0.1, 0.15) is 31.2 Å². The van der Waals surface area contributed by atoms with E-state index in [4.69, 9.17) is 0 Å². The minimum absolute atomic E-state index is 0.0000666. The molecule has 126 valence electrons. The molecular formula is C16H21BrN2O3S. The Bertz CT molecular complexity index is 716. The fourth-order valence-corrected chi connectivity index (χ4v) is 5.17. The smallest absolute Gasteiger partial charge is 0.243 e. The minimum atomic E-state index is -3.56. The Kier molecular flexibility index (Phi) is 4.80. The van der Waals surface area contributed by atoms with Gasteiger partial charge in [0.15, 0.2) is 0 Å². The quantitative estimate of drug-likeness (QED) is 0.843. The normalized spacial score (nSPS) is 22.8. The van der Waals surface area contributed by atoms with Gasteiger partial charge >= 0.3 is 0 Å². The van der Waals surface area contributed by atoms with Crippen molar-refractivity contribution in [3.05, 3.63) is 28.2 Å². The van der Waals surface area contributed by atoms with Crippen molar-refractivity contribution in [2.75, 3.05) is 13.1 Å². The molecule has 7 heteroatoms. The molecule has 1 amide bonds. The lowest BCUT2D eigenvalue weighted by Gasteiger charge is -2.31. The van der Waals surface area contributed by atoms with E-state index in [1.165, 1.54) is 4.31 Å². The first-order valence-electron chi connectivity index (χ1n) is 7.94. The Morgan fingerprint density at radius 3 is 2.70 bits per heavy atom. The number of hydrogen-bond acceptors (Lipinski definition) is 3. The van der Waals surface area contributed by atoms with Crippen molar-refractivity contribution in [3.8, 4) is 0 Å². The zero-order chi connectivity index (χ0) is 16.6. The van der Waals surface area contributed by atoms with Crippen molar-refractivity contribution in [2.24, 2.45) is 5.92 Å². The number of benzene rings is 1. The molecular weight excluding hydrogens is 380 g/mol. The lowest BCUT2D eigenvalue weighted by Crippen LogP contribution is -2.45. The van der Waals surface area contributed by atoms with Crippen LogP contribution in [-0.2, 0) is 14.8 Å². The average Bonchev–Trinajstić information content (AvgIpc) is 3.31. The molecule has 0 radical (unpaired) electrons. The van der Waals surface area contributed by atoms with Gasteiger partial charge in [-0.1, -0.05) is 15.9 Å². The molecule has 0 aromatic heterocycles. The minimum Gasteiger partial charge on any atom is -0.353 e. The molecule has 1 unspecified atom stereocenters. The van der Waals surface area contributed by atoms with Crippen molar-refractivity contribution in [1.29, 1.82) is 0 Å². The maximum atomic E-state index is 12.9. The largest absolute Gasteiger partial charge is 0.353 e. The fourth-order valence-electron chi connectivity index (χ4n) is 2.96. The van der Waals surface area contributed by atoms with E-state index in [1.54, 1.807) is 25.1 Å². The first-order chi connectivity index (χ1) is 10.9. The summed E-state index contributed by atoms with van der Waals surface area (Å²) in [6.45, 7) is 2.54. The molecule has 23 heavy (non-hydrogen) atoms. The Labute approximate surface area is 145 Å². The Balaban J connectivity index is 1.77. The summed E-state index contributed by atoms with van der Waals surface area (Å²) in [6.07, 6.45) is 3.55. The van der Waals surface area contributed by atoms with Crippen molar-refractivity contribution in [1.82, 2.24) is 9.62 Å². The molecule has 2 aliphatic rings. The van der Waals surface area contributed by atoms with Crippen LogP contribution in [0, 0.1) is 12.8 Å². The van der Waals surface area contributed by atoms with Gasteiger partial charge in [-0.05, 0) is 56.4 Å². The predicted molar refractivity (Wildman–Crippen MR) is 91.5 cm³/mol. The van der Waals surface area contributed by atoms with E-state index < -0.39 is 10.0 Å². The standard InChI is InChI=1S/C16H21BrN2O3S/c1-11-9-13(17)4-7-15(11)23(21,22)19-8-2-3-12(10-19)16(20)18-14-5-6-14/h4,7,9,12,14H,2-3,5-6,8,10H2,1H3,(H,18,20). The van der Waals surface area contributed by atoms with E-state index in [1.807, 2.05) is 0 Å². The Morgan fingerprint density at radius 2 is 2.04 bits per heavy atom. The van der Waals surface area contributed by atoms with Crippen LogP contribution in [-0.4, -0.2) is 37.8 Å². The SMILES string of the molecule is Cc1cc(Br)ccc1S(=O)(=O)N1CCCC(C(=O)NC2CC2)C1. The fraction of sp³-hybridized carbons (Fsp3) is 0.562. The zero-order valence-electron chi connectivity index (χ0n) is 13.1. The molecule has 0 spiro atoms. The van der Waals surface area contributed by atoms with Gasteiger partial charge in [0, 0.05) is 23.6 Å². The van der Waals surface area contributed by atoms with Crippen molar-refractivity contribution < 1.29 is 13.2 Å². The number of sulfonamides is 1. The second-order valence-electron chi connectivity index (χ2n) is 6.39. The first-order valence-corrected chi connectivity index (χ1v) is 10.2. The van der Waals surface area contributed by atoms with Crippen LogP contribution >= 0.6 is 15.9 Å². The highest BCUT2D eigenvalue weighted by Gasteiger charge is 2.35. The van der Waals surface area contributed by atoms with Gasteiger partial charge in [-0.2, -0.15) is 4.31 Å². The highest BCUT2D eigenvalue weighted by molar-refractivity contribution is 9.10. The van der Waals surface area contributed by atoms with Crippen LogP contribution in [0.5, 0.6) is 0 Å².